The van der Waals surface area contributed by atoms with E-state index in [1.807, 2.05) is 6.92 Å². The molecule has 1 atom stereocenters. The van der Waals surface area contributed by atoms with Gasteiger partial charge in [-0.05, 0) is 47.7 Å². The number of nitrogens with two attached hydrogens (primary N) is 1. The van der Waals surface area contributed by atoms with Crippen molar-refractivity contribution >= 4 is 43.3 Å². The smallest absolute Gasteiger partial charge is 0.348 e. The van der Waals surface area contributed by atoms with Crippen LogP contribution in [0.25, 0.3) is 0 Å². The van der Waals surface area contributed by atoms with E-state index in [2.05, 4.69) is 25.4 Å². The number of rotatable bonds is 6. The number of thiophene rings is 1. The molecule has 0 aromatic carbocycles. The Kier molecular flexibility index (Phi) is 4.79. The van der Waals surface area contributed by atoms with E-state index in [0.29, 0.717) is 3.79 Å². The summed E-state index contributed by atoms with van der Waals surface area (Å²) in [5, 5.41) is 0. The van der Waals surface area contributed by atoms with Crippen LogP contribution in [0.15, 0.2) is 14.7 Å². The summed E-state index contributed by atoms with van der Waals surface area (Å²) in [6.07, 6.45) is 1.93. The first kappa shape index (κ1) is 16.9. The van der Waals surface area contributed by atoms with Crippen LogP contribution in [-0.2, 0) is 14.8 Å². The van der Waals surface area contributed by atoms with Gasteiger partial charge in [0.1, 0.15) is 9.77 Å². The largest absolute Gasteiger partial charge is 0.465 e. The van der Waals surface area contributed by atoms with Crippen molar-refractivity contribution in [3.05, 3.63) is 14.7 Å². The molecule has 9 heteroatoms. The number of carbonyl (C=O) groups is 1. The number of sulfonamides is 1. The van der Waals surface area contributed by atoms with Crippen molar-refractivity contribution in [2.75, 3.05) is 13.7 Å². The second-order valence-corrected chi connectivity index (χ2v) is 9.26. The predicted octanol–water partition coefficient (Wildman–Crippen LogP) is 1.70. The maximum Gasteiger partial charge on any atom is 0.348 e. The van der Waals surface area contributed by atoms with Gasteiger partial charge >= 0.3 is 5.97 Å². The first-order valence-corrected chi connectivity index (χ1v) is 9.44. The first-order chi connectivity index (χ1) is 9.73. The maximum atomic E-state index is 12.5. The van der Waals surface area contributed by atoms with Crippen LogP contribution < -0.4 is 10.5 Å². The molecule has 3 N–H and O–H groups in total. The molecule has 21 heavy (non-hydrogen) atoms. The molecule has 2 rings (SSSR count). The van der Waals surface area contributed by atoms with Crippen LogP contribution >= 0.6 is 27.3 Å². The molecule has 1 fully saturated rings. The average Bonchev–Trinajstić information content (AvgIpc) is 3.20. The molecular weight excluding hydrogens is 380 g/mol. The van der Waals surface area contributed by atoms with E-state index in [0.717, 1.165) is 24.2 Å². The molecule has 118 valence electrons. The van der Waals surface area contributed by atoms with Gasteiger partial charge in [0.05, 0.1) is 10.9 Å². The van der Waals surface area contributed by atoms with Gasteiger partial charge < -0.3 is 10.5 Å². The maximum absolute atomic E-state index is 12.5. The number of ether oxygens (including phenoxy) is 1. The fourth-order valence-electron chi connectivity index (χ4n) is 2.11. The average molecular weight is 397 g/mol. The molecular formula is C12H17BrN2O4S2. The van der Waals surface area contributed by atoms with Crippen LogP contribution in [0.5, 0.6) is 0 Å². The Bertz CT molecular complexity index is 654. The zero-order valence-corrected chi connectivity index (χ0v) is 14.9. The summed E-state index contributed by atoms with van der Waals surface area (Å²) in [5.41, 5.74) is 5.07. The minimum atomic E-state index is -3.76. The SMILES string of the molecule is COC(=O)c1cc(S(=O)(=O)NC(C)(CN)C2CC2)c(Br)s1. The van der Waals surface area contributed by atoms with E-state index in [-0.39, 0.29) is 22.2 Å². The second-order valence-electron chi connectivity index (χ2n) is 5.24. The molecule has 1 aliphatic carbocycles. The molecule has 1 saturated carbocycles. The van der Waals surface area contributed by atoms with Crippen molar-refractivity contribution in [1.82, 2.24) is 4.72 Å². The summed E-state index contributed by atoms with van der Waals surface area (Å²) in [4.78, 5) is 11.8. The van der Waals surface area contributed by atoms with E-state index < -0.39 is 21.5 Å². The lowest BCUT2D eigenvalue weighted by atomic mass is 9.98. The third-order valence-corrected chi connectivity index (χ3v) is 7.45. The summed E-state index contributed by atoms with van der Waals surface area (Å²) in [6, 6.07) is 1.31. The number of hydrogen-bond acceptors (Lipinski definition) is 6. The summed E-state index contributed by atoms with van der Waals surface area (Å²) < 4.78 is 32.7. The van der Waals surface area contributed by atoms with Crippen molar-refractivity contribution in [3.8, 4) is 0 Å². The number of esters is 1. The first-order valence-electron chi connectivity index (χ1n) is 6.35. The zero-order chi connectivity index (χ0) is 15.8. The Morgan fingerprint density at radius 2 is 2.24 bits per heavy atom. The van der Waals surface area contributed by atoms with Crippen molar-refractivity contribution in [2.45, 2.75) is 30.2 Å². The topological polar surface area (TPSA) is 98.5 Å². The number of halogens is 1. The predicted molar refractivity (Wildman–Crippen MR) is 83.9 cm³/mol. The highest BCUT2D eigenvalue weighted by Gasteiger charge is 2.43. The van der Waals surface area contributed by atoms with Crippen molar-refractivity contribution in [1.29, 1.82) is 0 Å². The number of carbonyl (C=O) groups excluding carboxylic acids is 1. The molecule has 1 heterocycles. The molecule has 0 amide bonds. The van der Waals surface area contributed by atoms with E-state index in [1.54, 1.807) is 0 Å². The lowest BCUT2D eigenvalue weighted by molar-refractivity contribution is 0.0606. The Labute approximate surface area is 136 Å². The number of methoxy groups -OCH3 is 1. The summed E-state index contributed by atoms with van der Waals surface area (Å²) >= 11 is 4.22. The highest BCUT2D eigenvalue weighted by Crippen LogP contribution is 2.40. The molecule has 0 bridgehead atoms. The third-order valence-electron chi connectivity index (χ3n) is 3.60. The van der Waals surface area contributed by atoms with Gasteiger partial charge in [0.15, 0.2) is 0 Å². The fourth-order valence-corrected chi connectivity index (χ4v) is 6.07. The Balaban J connectivity index is 2.31. The molecule has 1 unspecified atom stereocenters. The Morgan fingerprint density at radius 3 is 2.71 bits per heavy atom. The van der Waals surface area contributed by atoms with Crippen LogP contribution in [0.2, 0.25) is 0 Å². The van der Waals surface area contributed by atoms with Gasteiger partial charge in [0, 0.05) is 12.1 Å². The summed E-state index contributed by atoms with van der Waals surface area (Å²) in [5.74, 6) is -0.305. The Morgan fingerprint density at radius 1 is 1.62 bits per heavy atom. The minimum absolute atomic E-state index is 0.0354. The number of hydrogen-bond donors (Lipinski definition) is 2. The van der Waals surface area contributed by atoms with E-state index in [1.165, 1.54) is 13.2 Å². The molecule has 0 saturated heterocycles. The molecule has 1 aromatic rings. The van der Waals surface area contributed by atoms with Crippen molar-refractivity contribution < 1.29 is 17.9 Å². The summed E-state index contributed by atoms with van der Waals surface area (Å²) in [6.45, 7) is 2.03. The summed E-state index contributed by atoms with van der Waals surface area (Å²) in [7, 11) is -2.51. The molecule has 6 nitrogen and oxygen atoms in total. The van der Waals surface area contributed by atoms with Gasteiger partial charge in [0.25, 0.3) is 0 Å². The highest BCUT2D eigenvalue weighted by molar-refractivity contribution is 9.11. The van der Waals surface area contributed by atoms with Crippen LogP contribution in [0.3, 0.4) is 0 Å². The normalized spacial score (nSPS) is 18.3. The second kappa shape index (κ2) is 5.96. The molecule has 1 aromatic heterocycles. The van der Waals surface area contributed by atoms with E-state index in [4.69, 9.17) is 5.73 Å². The standard InChI is InChI=1S/C12H17BrN2O4S2/c1-12(6-14,7-3-4-7)15-21(17,18)9-5-8(11(16)19-2)20-10(9)13/h5,7,15H,3-4,6,14H2,1-2H3. The third kappa shape index (κ3) is 3.48. The van der Waals surface area contributed by atoms with E-state index >= 15 is 0 Å². The molecule has 1 aliphatic rings. The molecule has 0 aliphatic heterocycles. The van der Waals surface area contributed by atoms with Gasteiger partial charge in [-0.3, -0.25) is 0 Å². The van der Waals surface area contributed by atoms with Crippen molar-refractivity contribution in [3.63, 3.8) is 0 Å². The quantitative estimate of drug-likeness (QED) is 0.712. The van der Waals surface area contributed by atoms with Crippen LogP contribution in [0.4, 0.5) is 0 Å². The highest BCUT2D eigenvalue weighted by atomic mass is 79.9. The van der Waals surface area contributed by atoms with E-state index in [9.17, 15) is 13.2 Å². The van der Waals surface area contributed by atoms with Gasteiger partial charge in [-0.15, -0.1) is 11.3 Å². The fraction of sp³-hybridized carbons (Fsp3) is 0.583. The Hall–Kier alpha value is -0.480. The van der Waals surface area contributed by atoms with Crippen LogP contribution in [0, 0.1) is 5.92 Å². The van der Waals surface area contributed by atoms with Gasteiger partial charge in [0.2, 0.25) is 10.0 Å². The van der Waals surface area contributed by atoms with Crippen LogP contribution in [0.1, 0.15) is 29.4 Å². The van der Waals surface area contributed by atoms with Gasteiger partial charge in [-0.2, -0.15) is 0 Å². The lowest BCUT2D eigenvalue weighted by Crippen LogP contribution is -2.52. The van der Waals surface area contributed by atoms with Crippen LogP contribution in [-0.4, -0.2) is 33.6 Å². The number of nitrogens with one attached hydrogen (secondary N) is 1. The van der Waals surface area contributed by atoms with Crippen molar-refractivity contribution in [2.24, 2.45) is 11.7 Å². The minimum Gasteiger partial charge on any atom is -0.465 e. The monoisotopic (exact) mass is 396 g/mol. The van der Waals surface area contributed by atoms with Gasteiger partial charge in [-0.1, -0.05) is 0 Å². The molecule has 0 spiro atoms. The zero-order valence-electron chi connectivity index (χ0n) is 11.7. The lowest BCUT2D eigenvalue weighted by Gasteiger charge is -2.28. The molecule has 0 radical (unpaired) electrons. The van der Waals surface area contributed by atoms with Gasteiger partial charge in [-0.25, -0.2) is 17.9 Å².